The molecule has 0 spiro atoms. The third-order valence-corrected chi connectivity index (χ3v) is 6.95. The summed E-state index contributed by atoms with van der Waals surface area (Å²) in [5.41, 5.74) is -0.495. The van der Waals surface area contributed by atoms with Gasteiger partial charge >= 0.3 is 0 Å². The lowest BCUT2D eigenvalue weighted by atomic mass is 9.52. The maximum absolute atomic E-state index is 13.2. The molecule has 0 saturated heterocycles. The van der Waals surface area contributed by atoms with Gasteiger partial charge < -0.3 is 20.3 Å². The van der Waals surface area contributed by atoms with E-state index < -0.39 is 11.0 Å². The molecule has 166 valence electrons. The minimum absolute atomic E-state index is 0.0102. The summed E-state index contributed by atoms with van der Waals surface area (Å²) in [6.07, 6.45) is 9.73. The molecule has 1 aromatic heterocycles. The normalized spacial score (nSPS) is 32.9. The van der Waals surface area contributed by atoms with Crippen molar-refractivity contribution < 1.29 is 19.7 Å². The molecule has 4 bridgehead atoms. The zero-order valence-corrected chi connectivity index (χ0v) is 18.5. The molecular weight excluding hydrogens is 382 g/mol. The second-order valence-electron chi connectivity index (χ2n) is 10.6. The van der Waals surface area contributed by atoms with Crippen LogP contribution in [0.2, 0.25) is 0 Å². The van der Waals surface area contributed by atoms with Crippen LogP contribution in [0.5, 0.6) is 5.88 Å². The van der Waals surface area contributed by atoms with E-state index in [4.69, 9.17) is 4.74 Å². The first kappa shape index (κ1) is 21.4. The van der Waals surface area contributed by atoms with E-state index in [1.807, 2.05) is 33.8 Å². The number of aromatic nitrogens is 2. The van der Waals surface area contributed by atoms with Crippen LogP contribution in [-0.4, -0.2) is 50.3 Å². The molecule has 4 aliphatic carbocycles. The van der Waals surface area contributed by atoms with Crippen molar-refractivity contribution in [3.8, 4) is 5.88 Å². The van der Waals surface area contributed by atoms with Crippen molar-refractivity contribution in [3.05, 3.63) is 17.8 Å². The van der Waals surface area contributed by atoms with Crippen LogP contribution in [-0.2, 0) is 0 Å². The lowest BCUT2D eigenvalue weighted by Crippen LogP contribution is -2.61. The summed E-state index contributed by atoms with van der Waals surface area (Å²) in [4.78, 5) is 13.2. The summed E-state index contributed by atoms with van der Waals surface area (Å²) < 4.78 is 7.51. The van der Waals surface area contributed by atoms with E-state index in [0.29, 0.717) is 29.2 Å². The number of ether oxygens (including phenoxy) is 1. The molecule has 0 aromatic carbocycles. The Morgan fingerprint density at radius 3 is 2.60 bits per heavy atom. The first-order valence-electron chi connectivity index (χ1n) is 11.2. The van der Waals surface area contributed by atoms with Gasteiger partial charge in [-0.2, -0.15) is 5.10 Å². The van der Waals surface area contributed by atoms with Crippen LogP contribution in [0.4, 0.5) is 0 Å². The Morgan fingerprint density at radius 1 is 1.37 bits per heavy atom. The van der Waals surface area contributed by atoms with Gasteiger partial charge in [0.25, 0.3) is 5.91 Å². The van der Waals surface area contributed by atoms with E-state index in [1.54, 1.807) is 17.1 Å². The summed E-state index contributed by atoms with van der Waals surface area (Å²) >= 11 is 0. The van der Waals surface area contributed by atoms with Gasteiger partial charge in [0.05, 0.1) is 24.5 Å². The van der Waals surface area contributed by atoms with Crippen LogP contribution in [0.25, 0.3) is 6.20 Å². The smallest absolute Gasteiger partial charge is 0.258 e. The number of carbonyl (C=O) groups excluding carboxylic acids is 1. The van der Waals surface area contributed by atoms with Crippen LogP contribution in [0, 0.1) is 23.2 Å². The van der Waals surface area contributed by atoms with Crippen LogP contribution >= 0.6 is 0 Å². The Hall–Kier alpha value is -1.86. The van der Waals surface area contributed by atoms with Crippen LogP contribution in [0.1, 0.15) is 70.2 Å². The number of amides is 1. The highest BCUT2D eigenvalue weighted by Crippen LogP contribution is 2.55. The second kappa shape index (κ2) is 7.68. The third-order valence-electron chi connectivity index (χ3n) is 6.95. The Balaban J connectivity index is 1.54. The van der Waals surface area contributed by atoms with Crippen molar-refractivity contribution in [2.24, 2.45) is 23.2 Å². The zero-order chi connectivity index (χ0) is 21.7. The molecular formula is C23H35N3O4. The van der Waals surface area contributed by atoms with Crippen LogP contribution < -0.4 is 10.1 Å². The summed E-state index contributed by atoms with van der Waals surface area (Å²) in [7, 11) is 0. The lowest BCUT2D eigenvalue weighted by molar-refractivity contribution is -0.136. The fourth-order valence-corrected chi connectivity index (χ4v) is 5.72. The van der Waals surface area contributed by atoms with Gasteiger partial charge in [0, 0.05) is 17.7 Å². The molecule has 1 aromatic rings. The van der Waals surface area contributed by atoms with Gasteiger partial charge in [-0.25, -0.2) is 4.68 Å². The van der Waals surface area contributed by atoms with E-state index in [9.17, 15) is 15.0 Å². The highest BCUT2D eigenvalue weighted by atomic mass is 16.5. The lowest BCUT2D eigenvalue weighted by Gasteiger charge is -2.58. The number of hydrogen-bond donors (Lipinski definition) is 3. The van der Waals surface area contributed by atoms with Gasteiger partial charge in [-0.05, 0) is 63.7 Å². The van der Waals surface area contributed by atoms with Gasteiger partial charge in [0.15, 0.2) is 0 Å². The molecule has 7 nitrogen and oxygen atoms in total. The Labute approximate surface area is 178 Å². The summed E-state index contributed by atoms with van der Waals surface area (Å²) in [5, 5.41) is 27.9. The molecule has 1 amide bonds. The fourth-order valence-electron chi connectivity index (χ4n) is 5.72. The Kier molecular flexibility index (Phi) is 5.47. The SMILES string of the molecule is CC(C)Oc1c(C(=O)NC2C3CC4CC2CC(O)(C4)C3)cnn1C=CC(C)(C)CO. The number of carbonyl (C=O) groups is 1. The molecule has 5 rings (SSSR count). The van der Waals surface area contributed by atoms with Crippen molar-refractivity contribution in [1.29, 1.82) is 0 Å². The number of nitrogens with one attached hydrogen (secondary N) is 1. The van der Waals surface area contributed by atoms with Gasteiger partial charge in [0.2, 0.25) is 5.88 Å². The standard InChI is InChI=1S/C23H35N3O4/c1-14(2)30-21-18(12-24-26(21)6-5-22(3,4)13-27)20(28)25-19-16-7-15-8-17(19)11-23(29,9-15)10-16/h5-6,12,14-17,19,27,29H,7-11,13H2,1-4H3,(H,25,28). The van der Waals surface area contributed by atoms with E-state index >= 15 is 0 Å². The number of nitrogens with zero attached hydrogens (tertiary/aromatic N) is 2. The highest BCUT2D eigenvalue weighted by molar-refractivity contribution is 5.96. The van der Waals surface area contributed by atoms with E-state index in [-0.39, 0.29) is 24.7 Å². The van der Waals surface area contributed by atoms with Crippen molar-refractivity contribution in [2.45, 2.75) is 77.5 Å². The van der Waals surface area contributed by atoms with E-state index in [0.717, 1.165) is 32.1 Å². The average molecular weight is 418 g/mol. The maximum atomic E-state index is 13.2. The number of rotatable bonds is 7. The molecule has 1 heterocycles. The quantitative estimate of drug-likeness (QED) is 0.634. The Morgan fingerprint density at radius 2 is 2.03 bits per heavy atom. The first-order chi connectivity index (χ1) is 14.1. The monoisotopic (exact) mass is 417 g/mol. The predicted octanol–water partition coefficient (Wildman–Crippen LogP) is 2.83. The highest BCUT2D eigenvalue weighted by Gasteiger charge is 2.55. The molecule has 3 N–H and O–H groups in total. The van der Waals surface area contributed by atoms with Gasteiger partial charge in [-0.15, -0.1) is 0 Å². The number of aliphatic hydroxyl groups excluding tert-OH is 1. The summed E-state index contributed by atoms with van der Waals surface area (Å²) in [5.74, 6) is 1.54. The van der Waals surface area contributed by atoms with Gasteiger partial charge in [-0.1, -0.05) is 19.9 Å². The van der Waals surface area contributed by atoms with Gasteiger partial charge in [0.1, 0.15) is 5.56 Å². The van der Waals surface area contributed by atoms with Crippen molar-refractivity contribution >= 4 is 12.1 Å². The molecule has 4 fully saturated rings. The molecule has 7 heteroatoms. The van der Waals surface area contributed by atoms with Crippen LogP contribution in [0.15, 0.2) is 12.3 Å². The second-order valence-corrected chi connectivity index (χ2v) is 10.6. The van der Waals surface area contributed by atoms with Crippen LogP contribution in [0.3, 0.4) is 0 Å². The number of hydrogen-bond acceptors (Lipinski definition) is 5. The van der Waals surface area contributed by atoms with E-state index in [1.165, 1.54) is 0 Å². The molecule has 4 saturated carbocycles. The summed E-state index contributed by atoms with van der Waals surface area (Å²) in [6, 6.07) is 0.105. The Bertz CT molecular complexity index is 812. The van der Waals surface area contributed by atoms with Crippen molar-refractivity contribution in [2.75, 3.05) is 6.61 Å². The summed E-state index contributed by atoms with van der Waals surface area (Å²) in [6.45, 7) is 7.68. The molecule has 2 unspecified atom stereocenters. The third kappa shape index (κ3) is 4.14. The van der Waals surface area contributed by atoms with E-state index in [2.05, 4.69) is 10.4 Å². The average Bonchev–Trinajstić information content (AvgIpc) is 3.03. The topological polar surface area (TPSA) is 96.6 Å². The fraction of sp³-hybridized carbons (Fsp3) is 0.739. The minimum Gasteiger partial charge on any atom is -0.474 e. The van der Waals surface area contributed by atoms with Crippen molar-refractivity contribution in [1.82, 2.24) is 15.1 Å². The molecule has 0 radical (unpaired) electrons. The zero-order valence-electron chi connectivity index (χ0n) is 18.5. The largest absolute Gasteiger partial charge is 0.474 e. The minimum atomic E-state index is -0.515. The van der Waals surface area contributed by atoms with Gasteiger partial charge in [-0.3, -0.25) is 4.79 Å². The molecule has 30 heavy (non-hydrogen) atoms. The predicted molar refractivity (Wildman–Crippen MR) is 114 cm³/mol. The van der Waals surface area contributed by atoms with Crippen molar-refractivity contribution in [3.63, 3.8) is 0 Å². The molecule has 4 aliphatic rings. The molecule has 0 aliphatic heterocycles. The molecule has 2 atom stereocenters. The first-order valence-corrected chi connectivity index (χ1v) is 11.2. The maximum Gasteiger partial charge on any atom is 0.258 e. The number of aliphatic hydroxyl groups is 2.